The van der Waals surface area contributed by atoms with Crippen LogP contribution < -0.4 is 10.5 Å². The monoisotopic (exact) mass is 464 g/mol. The number of ether oxygens (including phenoxy) is 1. The number of hydrogen-bond acceptors (Lipinski definition) is 5. The second-order valence-electron chi connectivity index (χ2n) is 9.21. The van der Waals surface area contributed by atoms with Crippen LogP contribution in [0.5, 0.6) is 11.5 Å². The van der Waals surface area contributed by atoms with Crippen LogP contribution in [0.4, 0.5) is 0 Å². The van der Waals surface area contributed by atoms with Crippen molar-refractivity contribution in [2.45, 2.75) is 57.5 Å². The lowest BCUT2D eigenvalue weighted by Crippen LogP contribution is -2.39. The summed E-state index contributed by atoms with van der Waals surface area (Å²) in [5.74, 6) is 1.07. The van der Waals surface area contributed by atoms with Gasteiger partial charge in [0, 0.05) is 35.9 Å². The highest BCUT2D eigenvalue weighted by Crippen LogP contribution is 2.40. The molecule has 0 radical (unpaired) electrons. The van der Waals surface area contributed by atoms with E-state index in [9.17, 15) is 5.11 Å². The fourth-order valence-corrected chi connectivity index (χ4v) is 4.50. The van der Waals surface area contributed by atoms with E-state index < -0.39 is 0 Å². The van der Waals surface area contributed by atoms with Crippen LogP contribution in [0.1, 0.15) is 48.8 Å². The smallest absolute Gasteiger partial charge is 0.128 e. The standard InChI is InChI=1S/C29H40N2O3/c1-3-8-22-10-11-28(34-17-7-5-6-16-32)26(19-22)27-20-23(9-4-2)18-24(29(27)33)21-31-14-12-25(30)13-15-31/h3-4,10-11,18-20,25,32-33H,1-2,5-9,12-17,21,30H2. The van der Waals surface area contributed by atoms with Crippen molar-refractivity contribution in [3.8, 4) is 22.6 Å². The molecule has 4 N–H and O–H groups in total. The number of aliphatic hydroxyl groups is 1. The molecule has 184 valence electrons. The number of hydrogen-bond donors (Lipinski definition) is 3. The minimum absolute atomic E-state index is 0.206. The van der Waals surface area contributed by atoms with E-state index in [4.69, 9.17) is 15.6 Å². The number of allylic oxidation sites excluding steroid dienone is 2. The first-order chi connectivity index (χ1) is 16.5. The Morgan fingerprint density at radius 2 is 1.68 bits per heavy atom. The van der Waals surface area contributed by atoms with Gasteiger partial charge in [-0.3, -0.25) is 4.90 Å². The molecular formula is C29H40N2O3. The Hall–Kier alpha value is -2.60. The number of aliphatic hydroxyl groups excluding tert-OH is 1. The number of nitrogens with two attached hydrogens (primary N) is 1. The largest absolute Gasteiger partial charge is 0.507 e. The van der Waals surface area contributed by atoms with E-state index >= 15 is 0 Å². The molecule has 0 amide bonds. The van der Waals surface area contributed by atoms with E-state index in [1.54, 1.807) is 0 Å². The van der Waals surface area contributed by atoms with E-state index in [1.807, 2.05) is 18.2 Å². The Morgan fingerprint density at radius 3 is 2.38 bits per heavy atom. The van der Waals surface area contributed by atoms with E-state index in [0.29, 0.717) is 18.9 Å². The second kappa shape index (κ2) is 13.3. The van der Waals surface area contributed by atoms with Crippen molar-refractivity contribution in [3.63, 3.8) is 0 Å². The fourth-order valence-electron chi connectivity index (χ4n) is 4.50. The number of phenols is 1. The van der Waals surface area contributed by atoms with Gasteiger partial charge in [0.15, 0.2) is 0 Å². The van der Waals surface area contributed by atoms with Crippen LogP contribution in [0, 0.1) is 0 Å². The van der Waals surface area contributed by atoms with Gasteiger partial charge < -0.3 is 20.7 Å². The molecule has 0 aliphatic carbocycles. The molecule has 1 aliphatic heterocycles. The Labute approximate surface area is 204 Å². The number of piperidine rings is 1. The van der Waals surface area contributed by atoms with Crippen molar-refractivity contribution < 1.29 is 14.9 Å². The van der Waals surface area contributed by atoms with Crippen molar-refractivity contribution in [2.75, 3.05) is 26.3 Å². The molecule has 2 aromatic rings. The van der Waals surface area contributed by atoms with Crippen LogP contribution in [-0.4, -0.2) is 47.5 Å². The zero-order chi connectivity index (χ0) is 24.3. The highest BCUT2D eigenvalue weighted by atomic mass is 16.5. The first-order valence-corrected chi connectivity index (χ1v) is 12.5. The molecule has 1 fully saturated rings. The van der Waals surface area contributed by atoms with Crippen LogP contribution in [0.25, 0.3) is 11.1 Å². The van der Waals surface area contributed by atoms with Gasteiger partial charge in [-0.1, -0.05) is 24.3 Å². The molecule has 1 heterocycles. The number of benzene rings is 2. The molecule has 5 nitrogen and oxygen atoms in total. The maximum atomic E-state index is 11.4. The molecule has 2 aromatic carbocycles. The van der Waals surface area contributed by atoms with Crippen molar-refractivity contribution in [1.29, 1.82) is 0 Å². The molecule has 0 aromatic heterocycles. The number of rotatable bonds is 13. The molecule has 0 atom stereocenters. The van der Waals surface area contributed by atoms with Crippen LogP contribution in [-0.2, 0) is 19.4 Å². The SMILES string of the molecule is C=CCc1ccc(OCCCCCO)c(-c2cc(CC=C)cc(CN3CCC(N)CC3)c2O)c1. The lowest BCUT2D eigenvalue weighted by atomic mass is 9.94. The molecule has 1 aliphatic rings. The minimum atomic E-state index is 0.206. The van der Waals surface area contributed by atoms with Gasteiger partial charge >= 0.3 is 0 Å². The summed E-state index contributed by atoms with van der Waals surface area (Å²) >= 11 is 0. The van der Waals surface area contributed by atoms with E-state index in [0.717, 1.165) is 91.6 Å². The number of unbranched alkanes of at least 4 members (excludes halogenated alkanes) is 2. The fraction of sp³-hybridized carbons (Fsp3) is 0.448. The highest BCUT2D eigenvalue weighted by Gasteiger charge is 2.20. The maximum absolute atomic E-state index is 11.4. The number of nitrogens with zero attached hydrogens (tertiary/aromatic N) is 1. The van der Waals surface area contributed by atoms with Gasteiger partial charge in [-0.25, -0.2) is 0 Å². The van der Waals surface area contributed by atoms with Gasteiger partial charge in [-0.05, 0) is 87.4 Å². The third kappa shape index (κ3) is 7.20. The Bertz CT molecular complexity index is 949. The molecule has 3 rings (SSSR count). The summed E-state index contributed by atoms with van der Waals surface area (Å²) in [5.41, 5.74) is 10.9. The van der Waals surface area contributed by atoms with Crippen molar-refractivity contribution in [3.05, 3.63) is 72.3 Å². The summed E-state index contributed by atoms with van der Waals surface area (Å²) in [6, 6.07) is 10.6. The Kier molecular flexibility index (Phi) is 10.2. The predicted molar refractivity (Wildman–Crippen MR) is 140 cm³/mol. The van der Waals surface area contributed by atoms with Crippen LogP contribution in [0.2, 0.25) is 0 Å². The second-order valence-corrected chi connectivity index (χ2v) is 9.21. The summed E-state index contributed by atoms with van der Waals surface area (Å²) in [6.07, 6.45) is 9.80. The van der Waals surface area contributed by atoms with Gasteiger partial charge in [-0.2, -0.15) is 0 Å². The zero-order valence-corrected chi connectivity index (χ0v) is 20.3. The number of aromatic hydroxyl groups is 1. The van der Waals surface area contributed by atoms with E-state index in [-0.39, 0.29) is 12.6 Å². The first-order valence-electron chi connectivity index (χ1n) is 12.5. The Morgan fingerprint density at radius 1 is 0.971 bits per heavy atom. The lowest BCUT2D eigenvalue weighted by Gasteiger charge is -2.30. The molecule has 0 unspecified atom stereocenters. The minimum Gasteiger partial charge on any atom is -0.507 e. The van der Waals surface area contributed by atoms with E-state index in [1.165, 1.54) is 0 Å². The summed E-state index contributed by atoms with van der Waals surface area (Å²) in [5, 5.41) is 20.4. The molecule has 0 saturated carbocycles. The average Bonchev–Trinajstić information content (AvgIpc) is 2.83. The molecule has 1 saturated heterocycles. The third-order valence-corrected chi connectivity index (χ3v) is 6.43. The normalized spacial score (nSPS) is 14.8. The van der Waals surface area contributed by atoms with Gasteiger partial charge in [0.1, 0.15) is 11.5 Å². The quantitative estimate of drug-likeness (QED) is 0.288. The number of likely N-dealkylation sites (tertiary alicyclic amines) is 1. The molecule has 0 spiro atoms. The maximum Gasteiger partial charge on any atom is 0.128 e. The van der Waals surface area contributed by atoms with Crippen molar-refractivity contribution in [2.24, 2.45) is 5.73 Å². The Balaban J connectivity index is 1.96. The van der Waals surface area contributed by atoms with Crippen molar-refractivity contribution in [1.82, 2.24) is 4.90 Å². The highest BCUT2D eigenvalue weighted by molar-refractivity contribution is 5.78. The summed E-state index contributed by atoms with van der Waals surface area (Å²) in [4.78, 5) is 2.37. The van der Waals surface area contributed by atoms with Crippen LogP contribution in [0.3, 0.4) is 0 Å². The lowest BCUT2D eigenvalue weighted by molar-refractivity contribution is 0.203. The summed E-state index contributed by atoms with van der Waals surface area (Å²) < 4.78 is 6.16. The third-order valence-electron chi connectivity index (χ3n) is 6.43. The molecular weight excluding hydrogens is 424 g/mol. The molecule has 0 bridgehead atoms. The number of phenolic OH excluding ortho intramolecular Hbond substituents is 1. The van der Waals surface area contributed by atoms with Gasteiger partial charge in [0.05, 0.1) is 6.61 Å². The van der Waals surface area contributed by atoms with Gasteiger partial charge in [0.25, 0.3) is 0 Å². The van der Waals surface area contributed by atoms with Gasteiger partial charge in [-0.15, -0.1) is 13.2 Å². The zero-order valence-electron chi connectivity index (χ0n) is 20.3. The molecule has 5 heteroatoms. The van der Waals surface area contributed by atoms with Crippen LogP contribution in [0.15, 0.2) is 55.6 Å². The molecule has 34 heavy (non-hydrogen) atoms. The summed E-state index contributed by atoms with van der Waals surface area (Å²) in [7, 11) is 0. The van der Waals surface area contributed by atoms with E-state index in [2.05, 4.69) is 42.3 Å². The van der Waals surface area contributed by atoms with Crippen molar-refractivity contribution >= 4 is 0 Å². The van der Waals surface area contributed by atoms with Gasteiger partial charge in [0.2, 0.25) is 0 Å². The average molecular weight is 465 g/mol. The summed E-state index contributed by atoms with van der Waals surface area (Å²) in [6.45, 7) is 11.1. The first kappa shape index (κ1) is 26.0. The topological polar surface area (TPSA) is 79.0 Å². The predicted octanol–water partition coefficient (Wildman–Crippen LogP) is 4.98. The van der Waals surface area contributed by atoms with Crippen LogP contribution >= 0.6 is 0 Å².